The van der Waals surface area contributed by atoms with Gasteiger partial charge in [0.05, 0.1) is 27.4 Å². The van der Waals surface area contributed by atoms with Crippen molar-refractivity contribution in [2.24, 2.45) is 0 Å². The minimum atomic E-state index is -5.79. The van der Waals surface area contributed by atoms with Crippen LogP contribution in [0.5, 0.6) is 11.5 Å². The van der Waals surface area contributed by atoms with Crippen LogP contribution in [0.2, 0.25) is 0 Å². The Labute approximate surface area is 523 Å². The molecular weight excluding hydrogens is 1180 g/mol. The third-order valence-electron chi connectivity index (χ3n) is 14.6. The molecule has 0 fully saturated rings. The van der Waals surface area contributed by atoms with E-state index >= 15 is 0 Å². The molecule has 0 saturated heterocycles. The maximum absolute atomic E-state index is 9.86. The largest absolute Gasteiger partial charge is 0.509 e. The van der Waals surface area contributed by atoms with Crippen LogP contribution in [0.3, 0.4) is 0 Å². The summed E-state index contributed by atoms with van der Waals surface area (Å²) >= 11 is 0. The molecule has 7 heteroatoms. The number of ether oxygens (including phenoxy) is 1. The number of para-hydroxylation sites is 3. The first-order chi connectivity index (χ1) is 50.2. The molecule has 14 aromatic rings. The molecule has 1 aliphatic heterocycles. The molecule has 81 heavy (non-hydrogen) atoms. The van der Waals surface area contributed by atoms with Gasteiger partial charge in [0.25, 0.3) is 6.33 Å². The molecular formula is C74H51N4OPtSi-. The number of rotatable bonds is 9. The predicted molar refractivity (Wildman–Crippen MR) is 330 cm³/mol. The Hall–Kier alpha value is -9.45. The summed E-state index contributed by atoms with van der Waals surface area (Å²) in [5.41, 5.74) is 3.74. The van der Waals surface area contributed by atoms with E-state index in [9.17, 15) is 19.2 Å². The summed E-state index contributed by atoms with van der Waals surface area (Å²) in [6.07, 6.45) is 2.74. The van der Waals surface area contributed by atoms with Crippen molar-refractivity contribution in [2.45, 2.75) is 13.7 Å². The summed E-state index contributed by atoms with van der Waals surface area (Å²) in [5.74, 6) is 0.427. The third kappa shape index (κ3) is 8.16. The zero-order valence-electron chi connectivity index (χ0n) is 67.9. The molecule has 3 aromatic heterocycles. The van der Waals surface area contributed by atoms with Crippen LogP contribution in [0.1, 0.15) is 46.8 Å². The Balaban J connectivity index is 0.00000960. The monoisotopic (exact) mass is 1260 g/mol. The van der Waals surface area contributed by atoms with Crippen molar-refractivity contribution in [1.29, 1.82) is 0 Å². The molecule has 0 bridgehead atoms. The second-order valence-corrected chi connectivity index (χ2v) is 22.4. The maximum atomic E-state index is 9.86. The smallest absolute Gasteiger partial charge is 0.253 e. The van der Waals surface area contributed by atoms with Gasteiger partial charge in [-0.3, -0.25) is 0 Å². The van der Waals surface area contributed by atoms with Gasteiger partial charge in [-0.1, -0.05) is 217 Å². The zero-order chi connectivity index (χ0) is 75.7. The van der Waals surface area contributed by atoms with E-state index in [0.29, 0.717) is 55.4 Å². The molecule has 388 valence electrons. The Bertz CT molecular complexity index is 5930. The number of benzene rings is 11. The summed E-state index contributed by atoms with van der Waals surface area (Å²) in [4.78, 5) is 4.50. The van der Waals surface area contributed by atoms with Crippen molar-refractivity contribution in [3.8, 4) is 73.2 Å². The Morgan fingerprint density at radius 1 is 0.494 bits per heavy atom. The van der Waals surface area contributed by atoms with Crippen molar-refractivity contribution in [2.75, 3.05) is 0 Å². The van der Waals surface area contributed by atoms with Crippen molar-refractivity contribution < 1.29 is 66.0 Å². The molecule has 0 unspecified atom stereocenters. The van der Waals surface area contributed by atoms with E-state index in [1.807, 2.05) is 42.5 Å². The average molecular weight is 1260 g/mol. The van der Waals surface area contributed by atoms with Crippen LogP contribution in [0, 0.1) is 25.8 Å². The second-order valence-electron chi connectivity index (χ2n) is 18.8. The van der Waals surface area contributed by atoms with Gasteiger partial charge in [0.15, 0.2) is 19.1 Å². The molecule has 0 aliphatic carbocycles. The number of nitrogens with zero attached hydrogens (tertiary/aromatic N) is 4. The normalized spacial score (nSPS) is 16.6. The summed E-state index contributed by atoms with van der Waals surface area (Å²) in [7, 11) is -5.79. The Morgan fingerprint density at radius 3 is 1.81 bits per heavy atom. The average Bonchev–Trinajstić information content (AvgIpc) is 1.33. The van der Waals surface area contributed by atoms with Gasteiger partial charge < -0.3 is 9.30 Å². The predicted octanol–water partition coefficient (Wildman–Crippen LogP) is 14.8. The molecule has 4 heterocycles. The quantitative estimate of drug-likeness (QED) is 0.0625. The van der Waals surface area contributed by atoms with Gasteiger partial charge in [-0.2, -0.15) is 16.7 Å². The molecule has 1 aliphatic rings. The minimum Gasteiger partial charge on any atom is -0.509 e. The molecule has 15 rings (SSSR count). The first-order valence-corrected chi connectivity index (χ1v) is 27.1. The van der Waals surface area contributed by atoms with E-state index in [0.717, 1.165) is 11.6 Å². The van der Waals surface area contributed by atoms with Crippen molar-refractivity contribution >= 4 is 61.7 Å². The molecule has 0 spiro atoms. The fourth-order valence-electron chi connectivity index (χ4n) is 11.2. The van der Waals surface area contributed by atoms with Crippen LogP contribution in [-0.2, 0) is 21.1 Å². The van der Waals surface area contributed by atoms with Gasteiger partial charge in [-0.25, -0.2) is 9.55 Å². The number of aromatic nitrogens is 4. The molecule has 0 N–H and O–H groups in total. The zero-order valence-corrected chi connectivity index (χ0v) is 45.2. The molecule has 0 atom stereocenters. The van der Waals surface area contributed by atoms with Gasteiger partial charge in [0.2, 0.25) is 0 Å². The van der Waals surface area contributed by atoms with E-state index in [2.05, 4.69) is 17.1 Å². The van der Waals surface area contributed by atoms with E-state index in [-0.39, 0.29) is 71.5 Å². The number of fused-ring (bicyclic) bond motifs is 10. The van der Waals surface area contributed by atoms with Crippen LogP contribution in [0.4, 0.5) is 0 Å². The van der Waals surface area contributed by atoms with Gasteiger partial charge in [-0.15, -0.1) is 29.7 Å². The number of pyridine rings is 1. The Kier molecular flexibility index (Phi) is 7.31. The first kappa shape index (κ1) is 29.1. The number of hydrogen-bond donors (Lipinski definition) is 0. The third-order valence-corrected chi connectivity index (χ3v) is 18.8. The SMILES string of the molecule is [2H]c1c([2H])c([2H])c(-c2cccc3c2-[n+]2cn(-c4[c-]c(Oc5[c-]c6c(cc5)c5ccccc5n6-c5cc(C([2H])([2H])[2H])c(C([2H])([2H])[2H])cn5)ccc4)c4cccc(c42)-c2ccccc2-c2ccc([Si](c4c([2H])c([2H])c([2H])c([2H])c4[2H])(c4c([2H])c([2H])c([2H])c([2H])c4[2H])c4c([2H])c([2H])c([2H])c([2H])c4[2H])cc2-3)c([2H])c1[2H].[Pt]. The van der Waals surface area contributed by atoms with Crippen LogP contribution in [-0.4, -0.2) is 22.2 Å². The number of imidazole rings is 1. The molecule has 5 nitrogen and oxygen atoms in total. The summed E-state index contributed by atoms with van der Waals surface area (Å²) in [6, 6.07) is 28.4. The van der Waals surface area contributed by atoms with Crippen LogP contribution < -0.4 is 30.1 Å². The summed E-state index contributed by atoms with van der Waals surface area (Å²) in [5, 5.41) is -0.963. The number of hydrogen-bond acceptors (Lipinski definition) is 2. The number of aryl methyl sites for hydroxylation is 2. The molecule has 11 aromatic carbocycles. The first-order valence-electron chi connectivity index (χ1n) is 38.1. The van der Waals surface area contributed by atoms with E-state index in [1.54, 1.807) is 98.9 Å². The van der Waals surface area contributed by atoms with Gasteiger partial charge >= 0.3 is 0 Å². The van der Waals surface area contributed by atoms with E-state index < -0.39 is 169 Å². The van der Waals surface area contributed by atoms with Crippen molar-refractivity contribution in [1.82, 2.24) is 14.1 Å². The second kappa shape index (κ2) is 20.3. The molecule has 0 radical (unpaired) electrons. The minimum absolute atomic E-state index is 0. The fraction of sp³-hybridized carbons (Fsp3) is 0.0270. The topological polar surface area (TPSA) is 35.9 Å². The van der Waals surface area contributed by atoms with E-state index in [4.69, 9.17) is 21.2 Å². The van der Waals surface area contributed by atoms with Gasteiger partial charge in [0.1, 0.15) is 11.5 Å². The maximum Gasteiger partial charge on any atom is 0.253 e. The van der Waals surface area contributed by atoms with Crippen molar-refractivity contribution in [3.05, 3.63) is 296 Å². The van der Waals surface area contributed by atoms with E-state index in [1.165, 1.54) is 18.2 Å². The Morgan fingerprint density at radius 2 is 1.09 bits per heavy atom. The van der Waals surface area contributed by atoms with Gasteiger partial charge in [-0.05, 0) is 103 Å². The standard InChI is InChI=1S/C74H51N4OSi.Pt/c1-50-44-72(75-48-51(50)2)78-69-38-18-17-34-64(69)65-42-40-55(46-71(65)78)79-54-25-19-24-53(45-54)76-49-77-73-60(52-22-7-3-8-23-52)35-20-36-67(73)68-47-59(41-43-63(68)61-32-15-16-33-62(61)66-37-21-39-70(76)74(66)77)80(56-26-9-4-10-27-56,57-28-11-5-12-29-57)58-30-13-6-14-31-58;/h3-44,47-49H,1-2H3;/q-1;/i1D3,2D3,3D,4D,5D,6D,7D,8D,9D,10D,11D,12D,13D,14D,22D,23D,26D,27D,28D,29D,30D,31D;. The molecule has 0 amide bonds. The summed E-state index contributed by atoms with van der Waals surface area (Å²) in [6.45, 7) is -5.63. The van der Waals surface area contributed by atoms with Crippen molar-refractivity contribution in [3.63, 3.8) is 0 Å². The van der Waals surface area contributed by atoms with Gasteiger partial charge in [0, 0.05) is 74.9 Å². The molecule has 0 saturated carbocycles. The summed E-state index contributed by atoms with van der Waals surface area (Å²) < 4.78 is 248. The fourth-order valence-corrected chi connectivity index (χ4v) is 15.0. The van der Waals surface area contributed by atoms with Crippen LogP contribution in [0.25, 0.3) is 94.5 Å². The van der Waals surface area contributed by atoms with Crippen LogP contribution >= 0.6 is 0 Å². The van der Waals surface area contributed by atoms with Crippen LogP contribution in [0.15, 0.2) is 273 Å².